The van der Waals surface area contributed by atoms with Gasteiger partial charge < -0.3 is 4.74 Å². The monoisotopic (exact) mass is 613 g/mol. The smallest absolute Gasteiger partial charge is 0.313 e. The molecule has 0 spiro atoms. The molecule has 0 N–H and O–H groups in total. The van der Waals surface area contributed by atoms with Crippen LogP contribution >= 0.6 is 27.5 Å². The van der Waals surface area contributed by atoms with Crippen LogP contribution in [0.5, 0.6) is 5.75 Å². The Bertz CT molecular complexity index is 1690. The minimum Gasteiger partial charge on any atom is -0.481 e. The van der Waals surface area contributed by atoms with Crippen molar-refractivity contribution in [3.8, 4) is 5.75 Å². The molecule has 1 atom stereocenters. The number of rotatable bonds is 9. The molecule has 0 bridgehead atoms. The van der Waals surface area contributed by atoms with Gasteiger partial charge in [-0.05, 0) is 36.2 Å². The molecule has 200 valence electrons. The van der Waals surface area contributed by atoms with E-state index in [0.717, 1.165) is 6.07 Å². The molecular formula is C26H21BrClN5O6. The highest BCUT2D eigenvalue weighted by Gasteiger charge is 2.22. The third kappa shape index (κ3) is 6.13. The minimum absolute atomic E-state index is 0.0564. The molecule has 4 aromatic rings. The molecule has 0 aliphatic carbocycles. The number of aromatic nitrogens is 2. The van der Waals surface area contributed by atoms with Crippen molar-refractivity contribution in [2.75, 3.05) is 0 Å². The highest BCUT2D eigenvalue weighted by Crippen LogP contribution is 2.34. The lowest BCUT2D eigenvalue weighted by molar-refractivity contribution is -0.386. The first-order valence-electron chi connectivity index (χ1n) is 11.7. The van der Waals surface area contributed by atoms with E-state index in [9.17, 15) is 25.0 Å². The van der Waals surface area contributed by atoms with Crippen molar-refractivity contribution >= 4 is 56.0 Å². The zero-order valence-corrected chi connectivity index (χ0v) is 23.0. The Balaban J connectivity index is 1.82. The number of fused-ring (bicyclic) bond motifs is 1. The Morgan fingerprint density at radius 3 is 2.62 bits per heavy atom. The van der Waals surface area contributed by atoms with Gasteiger partial charge in [-0.15, -0.1) is 0 Å². The second kappa shape index (κ2) is 11.7. The predicted octanol–water partition coefficient (Wildman–Crippen LogP) is 6.60. The zero-order valence-electron chi connectivity index (χ0n) is 20.7. The lowest BCUT2D eigenvalue weighted by Gasteiger charge is -2.14. The highest BCUT2D eigenvalue weighted by atomic mass is 79.9. The fourth-order valence-corrected chi connectivity index (χ4v) is 4.38. The number of nitrogens with zero attached hydrogens (tertiary/aromatic N) is 5. The van der Waals surface area contributed by atoms with Crippen molar-refractivity contribution < 1.29 is 14.6 Å². The Kier molecular flexibility index (Phi) is 8.36. The predicted molar refractivity (Wildman–Crippen MR) is 151 cm³/mol. The Hall–Kier alpha value is -4.16. The van der Waals surface area contributed by atoms with Gasteiger partial charge in [0.1, 0.15) is 12.4 Å². The molecule has 0 aliphatic heterocycles. The number of hydrogen-bond donors (Lipinski definition) is 0. The van der Waals surface area contributed by atoms with E-state index in [1.54, 1.807) is 24.3 Å². The van der Waals surface area contributed by atoms with E-state index < -0.39 is 21.1 Å². The second-order valence-corrected chi connectivity index (χ2v) is 9.97. The van der Waals surface area contributed by atoms with Gasteiger partial charge in [0, 0.05) is 39.2 Å². The van der Waals surface area contributed by atoms with E-state index in [2.05, 4.69) is 26.0 Å². The minimum atomic E-state index is -0.655. The number of halogens is 2. The Morgan fingerprint density at radius 2 is 1.92 bits per heavy atom. The standard InChI is InChI=1S/C26H21BrClN5O6/c1-3-15(2)25-30-22-8-7-18(27)11-21(22)26(34)31(25)29-13-17-10-19(28)12-23(33(37)38)24(17)39-14-16-5-4-6-20(9-16)32(35)36/h4-13,15H,3,14H2,1-2H3/t15-/m0/s1. The first-order chi connectivity index (χ1) is 18.6. The summed E-state index contributed by atoms with van der Waals surface area (Å²) in [6.45, 7) is 3.67. The average Bonchev–Trinajstić information content (AvgIpc) is 2.91. The lowest BCUT2D eigenvalue weighted by Crippen LogP contribution is -2.23. The van der Waals surface area contributed by atoms with Gasteiger partial charge in [0.2, 0.25) is 5.75 Å². The van der Waals surface area contributed by atoms with E-state index in [1.165, 1.54) is 35.2 Å². The van der Waals surface area contributed by atoms with Crippen LogP contribution in [-0.2, 0) is 6.61 Å². The number of hydrogen-bond acceptors (Lipinski definition) is 8. The van der Waals surface area contributed by atoms with E-state index >= 15 is 0 Å². The summed E-state index contributed by atoms with van der Waals surface area (Å²) in [4.78, 5) is 39.8. The van der Waals surface area contributed by atoms with E-state index in [1.807, 2.05) is 13.8 Å². The summed E-state index contributed by atoms with van der Waals surface area (Å²) >= 11 is 9.54. The van der Waals surface area contributed by atoms with Crippen LogP contribution in [0.2, 0.25) is 5.02 Å². The van der Waals surface area contributed by atoms with Gasteiger partial charge in [0.05, 0.1) is 27.0 Å². The van der Waals surface area contributed by atoms with Crippen molar-refractivity contribution in [1.29, 1.82) is 0 Å². The summed E-state index contributed by atoms with van der Waals surface area (Å²) < 4.78 is 7.65. The number of nitro groups is 2. The SMILES string of the molecule is CC[C@H](C)c1nc2ccc(Br)cc2c(=O)n1N=Cc1cc(Cl)cc([N+](=O)[O-])c1OCc1cccc([N+](=O)[O-])c1. The van der Waals surface area contributed by atoms with Crippen molar-refractivity contribution in [3.63, 3.8) is 0 Å². The molecule has 0 aliphatic rings. The van der Waals surface area contributed by atoms with Crippen LogP contribution in [0.3, 0.4) is 0 Å². The van der Waals surface area contributed by atoms with Gasteiger partial charge in [-0.2, -0.15) is 9.78 Å². The maximum Gasteiger partial charge on any atom is 0.313 e. The molecule has 0 unspecified atom stereocenters. The van der Waals surface area contributed by atoms with Crippen molar-refractivity contribution in [3.05, 3.63) is 112 Å². The fourth-order valence-electron chi connectivity index (χ4n) is 3.80. The molecule has 0 fully saturated rings. The van der Waals surface area contributed by atoms with Crippen LogP contribution in [-0.4, -0.2) is 25.7 Å². The molecule has 1 aromatic heterocycles. The molecular weight excluding hydrogens is 594 g/mol. The fraction of sp³-hybridized carbons (Fsp3) is 0.192. The Morgan fingerprint density at radius 1 is 1.15 bits per heavy atom. The van der Waals surface area contributed by atoms with Gasteiger partial charge in [0.15, 0.2) is 0 Å². The van der Waals surface area contributed by atoms with Crippen molar-refractivity contribution in [1.82, 2.24) is 9.66 Å². The van der Waals surface area contributed by atoms with Crippen LogP contribution in [0.1, 0.15) is 43.1 Å². The molecule has 3 aromatic carbocycles. The molecule has 0 radical (unpaired) electrons. The summed E-state index contributed by atoms with van der Waals surface area (Å²) in [7, 11) is 0. The van der Waals surface area contributed by atoms with Gasteiger partial charge in [-0.25, -0.2) is 4.98 Å². The average molecular weight is 615 g/mol. The van der Waals surface area contributed by atoms with Crippen LogP contribution in [0.4, 0.5) is 11.4 Å². The number of benzene rings is 3. The molecule has 0 saturated carbocycles. The van der Waals surface area contributed by atoms with E-state index in [-0.39, 0.29) is 34.5 Å². The highest BCUT2D eigenvalue weighted by molar-refractivity contribution is 9.10. The first kappa shape index (κ1) is 27.9. The lowest BCUT2D eigenvalue weighted by atomic mass is 10.1. The van der Waals surface area contributed by atoms with Crippen molar-refractivity contribution in [2.24, 2.45) is 5.10 Å². The zero-order chi connectivity index (χ0) is 28.3. The molecule has 0 amide bonds. The maximum atomic E-state index is 13.4. The summed E-state index contributed by atoms with van der Waals surface area (Å²) in [6, 6.07) is 13.5. The largest absolute Gasteiger partial charge is 0.481 e. The third-order valence-corrected chi connectivity index (χ3v) is 6.67. The number of nitro benzene ring substituents is 2. The van der Waals surface area contributed by atoms with E-state index in [0.29, 0.717) is 33.2 Å². The molecule has 1 heterocycles. The third-order valence-electron chi connectivity index (χ3n) is 5.96. The van der Waals surface area contributed by atoms with E-state index in [4.69, 9.17) is 16.3 Å². The van der Waals surface area contributed by atoms with Gasteiger partial charge in [-0.3, -0.25) is 25.0 Å². The summed E-state index contributed by atoms with van der Waals surface area (Å²) in [5, 5.41) is 27.7. The van der Waals surface area contributed by atoms with Gasteiger partial charge in [0.25, 0.3) is 11.2 Å². The first-order valence-corrected chi connectivity index (χ1v) is 12.9. The molecule has 11 nitrogen and oxygen atoms in total. The molecule has 4 rings (SSSR count). The topological polar surface area (TPSA) is 143 Å². The normalized spacial score (nSPS) is 12.1. The number of non-ortho nitro benzene ring substituents is 1. The van der Waals surface area contributed by atoms with Crippen LogP contribution in [0.25, 0.3) is 10.9 Å². The summed E-state index contributed by atoms with van der Waals surface area (Å²) in [5.41, 5.74) is 0.0972. The van der Waals surface area contributed by atoms with Crippen LogP contribution in [0.15, 0.2) is 69.0 Å². The Labute approximate surface area is 235 Å². The number of ether oxygens (including phenoxy) is 1. The van der Waals surface area contributed by atoms with Crippen LogP contribution < -0.4 is 10.3 Å². The molecule has 0 saturated heterocycles. The summed E-state index contributed by atoms with van der Waals surface area (Å²) in [6.07, 6.45) is 1.94. The second-order valence-electron chi connectivity index (χ2n) is 8.62. The summed E-state index contributed by atoms with van der Waals surface area (Å²) in [5.74, 6) is 0.139. The van der Waals surface area contributed by atoms with Crippen molar-refractivity contribution in [2.45, 2.75) is 32.8 Å². The molecule has 13 heteroatoms. The van der Waals surface area contributed by atoms with Gasteiger partial charge >= 0.3 is 5.69 Å². The van der Waals surface area contributed by atoms with Gasteiger partial charge in [-0.1, -0.05) is 53.5 Å². The maximum absolute atomic E-state index is 13.4. The van der Waals surface area contributed by atoms with Crippen LogP contribution in [0, 0.1) is 20.2 Å². The quantitative estimate of drug-likeness (QED) is 0.117. The molecule has 39 heavy (non-hydrogen) atoms.